The Bertz CT molecular complexity index is 387. The van der Waals surface area contributed by atoms with Crippen molar-refractivity contribution in [2.45, 2.75) is 76.2 Å². The van der Waals surface area contributed by atoms with Crippen molar-refractivity contribution < 1.29 is 9.47 Å². The average Bonchev–Trinajstić information content (AvgIpc) is 2.32. The van der Waals surface area contributed by atoms with E-state index < -0.39 is 0 Å². The van der Waals surface area contributed by atoms with Crippen molar-refractivity contribution in [3.63, 3.8) is 0 Å². The first-order valence-corrected chi connectivity index (χ1v) is 8.78. The van der Waals surface area contributed by atoms with Crippen molar-refractivity contribution in [2.75, 3.05) is 13.7 Å². The van der Waals surface area contributed by atoms with Gasteiger partial charge in [0.15, 0.2) is 0 Å². The number of ether oxygens (including phenoxy) is 2. The normalized spacial score (nSPS) is 11.5. The van der Waals surface area contributed by atoms with E-state index in [1.165, 1.54) is 0 Å². The summed E-state index contributed by atoms with van der Waals surface area (Å²) in [6, 6.07) is 7.64. The van der Waals surface area contributed by atoms with Gasteiger partial charge in [-0.15, -0.1) is 0 Å². The number of hydrogen-bond acceptors (Lipinski definition) is 2. The number of rotatable bonds is 3. The maximum Gasteiger partial charge on any atom is 0.119 e. The fourth-order valence-electron chi connectivity index (χ4n) is 0.972. The van der Waals surface area contributed by atoms with E-state index in [0.717, 1.165) is 18.1 Å². The summed E-state index contributed by atoms with van der Waals surface area (Å²) in [5.41, 5.74) is 1.19. The minimum absolute atomic E-state index is 0.194. The molecule has 0 atom stereocenters. The lowest BCUT2D eigenvalue weighted by molar-refractivity contribution is 0.198. The van der Waals surface area contributed by atoms with Crippen molar-refractivity contribution in [1.82, 2.24) is 0 Å². The largest absolute Gasteiger partial charge is 0.497 e. The van der Waals surface area contributed by atoms with Crippen LogP contribution in [-0.2, 0) is 0 Å². The van der Waals surface area contributed by atoms with Gasteiger partial charge >= 0.3 is 0 Å². The maximum absolute atomic E-state index is 5.61. The second-order valence-corrected chi connectivity index (χ2v) is 10.5. The molecule has 1 rings (SSSR count). The Morgan fingerprint density at radius 3 is 1.17 bits per heavy atom. The number of methoxy groups -OCH3 is 1. The van der Waals surface area contributed by atoms with Gasteiger partial charge in [-0.1, -0.05) is 76.2 Å². The Hall–Kier alpha value is -1.18. The fourth-order valence-corrected chi connectivity index (χ4v) is 0.972. The molecule has 0 saturated carbocycles. The van der Waals surface area contributed by atoms with Crippen LogP contribution in [0.3, 0.4) is 0 Å². The highest BCUT2D eigenvalue weighted by molar-refractivity contribution is 5.31. The topological polar surface area (TPSA) is 18.5 Å². The quantitative estimate of drug-likeness (QED) is 0.579. The van der Waals surface area contributed by atoms with E-state index in [-0.39, 0.29) is 5.41 Å². The van der Waals surface area contributed by atoms with Crippen molar-refractivity contribution in [3.05, 3.63) is 24.3 Å². The van der Waals surface area contributed by atoms with E-state index in [1.807, 2.05) is 24.3 Å². The maximum atomic E-state index is 5.61. The molecule has 0 radical (unpaired) electrons. The van der Waals surface area contributed by atoms with Crippen LogP contribution < -0.4 is 9.47 Å². The highest BCUT2D eigenvalue weighted by atomic mass is 16.5. The van der Waals surface area contributed by atoms with E-state index in [2.05, 4.69) is 76.2 Å². The van der Waals surface area contributed by atoms with E-state index >= 15 is 0 Å². The molecule has 0 aliphatic carbocycles. The molecule has 1 aromatic carbocycles. The van der Waals surface area contributed by atoms with Crippen LogP contribution in [0, 0.1) is 16.2 Å². The van der Waals surface area contributed by atoms with Crippen LogP contribution in [0.5, 0.6) is 11.5 Å². The summed E-state index contributed by atoms with van der Waals surface area (Å²) >= 11 is 0. The van der Waals surface area contributed by atoms with Gasteiger partial charge in [-0.3, -0.25) is 0 Å². The molecule has 0 amide bonds. The molecule has 2 heteroatoms. The van der Waals surface area contributed by atoms with Crippen molar-refractivity contribution >= 4 is 0 Å². The molecule has 0 saturated heterocycles. The smallest absolute Gasteiger partial charge is 0.119 e. The molecule has 142 valence electrons. The molecule has 0 N–H and O–H groups in total. The molecule has 0 aliphatic heterocycles. The van der Waals surface area contributed by atoms with Gasteiger partial charge in [-0.25, -0.2) is 0 Å². The molecule has 2 nitrogen and oxygen atoms in total. The molecule has 0 aromatic heterocycles. The fraction of sp³-hybridized carbons (Fsp3) is 0.727. The van der Waals surface area contributed by atoms with Crippen LogP contribution >= 0.6 is 0 Å². The zero-order valence-electron chi connectivity index (χ0n) is 18.3. The summed E-state index contributed by atoms with van der Waals surface area (Å²) in [7, 11) is 1.66. The molecule has 0 unspecified atom stereocenters. The van der Waals surface area contributed by atoms with Crippen molar-refractivity contribution in [2.24, 2.45) is 16.2 Å². The third-order valence-corrected chi connectivity index (χ3v) is 1.73. The summed E-state index contributed by atoms with van der Waals surface area (Å²) in [4.78, 5) is 0. The Morgan fingerprint density at radius 2 is 0.917 bits per heavy atom. The SMILES string of the molecule is CC(C)(C)C.CC(C)(C)C.COc1ccc(OCC(C)(C)C)cc1. The van der Waals surface area contributed by atoms with Crippen molar-refractivity contribution in [3.8, 4) is 11.5 Å². The lowest BCUT2D eigenvalue weighted by Gasteiger charge is -2.18. The molecule has 0 bridgehead atoms. The van der Waals surface area contributed by atoms with E-state index in [9.17, 15) is 0 Å². The summed E-state index contributed by atoms with van der Waals surface area (Å²) in [5, 5.41) is 0. The Balaban J connectivity index is 0. The van der Waals surface area contributed by atoms with Gasteiger partial charge in [-0.2, -0.15) is 0 Å². The third kappa shape index (κ3) is 28.9. The summed E-state index contributed by atoms with van der Waals surface area (Å²) in [5.74, 6) is 1.74. The lowest BCUT2D eigenvalue weighted by atomic mass is 9.99. The van der Waals surface area contributed by atoms with Gasteiger partial charge in [0.2, 0.25) is 0 Å². The molecule has 0 spiro atoms. The predicted octanol–water partition coefficient (Wildman–Crippen LogP) is 7.22. The van der Waals surface area contributed by atoms with Crippen molar-refractivity contribution in [1.29, 1.82) is 0 Å². The van der Waals surface area contributed by atoms with Crippen LogP contribution in [0.15, 0.2) is 24.3 Å². The molecule has 0 aliphatic rings. The molecule has 0 heterocycles. The van der Waals surface area contributed by atoms with Gasteiger partial charge < -0.3 is 9.47 Å². The number of hydrogen-bond donors (Lipinski definition) is 0. The minimum atomic E-state index is 0.194. The Morgan fingerprint density at radius 1 is 0.625 bits per heavy atom. The monoisotopic (exact) mass is 338 g/mol. The van der Waals surface area contributed by atoms with Gasteiger partial charge in [0.1, 0.15) is 11.5 Å². The van der Waals surface area contributed by atoms with E-state index in [4.69, 9.17) is 9.47 Å². The molecule has 24 heavy (non-hydrogen) atoms. The second-order valence-electron chi connectivity index (χ2n) is 10.5. The van der Waals surface area contributed by atoms with Crippen LogP contribution in [0.2, 0.25) is 0 Å². The van der Waals surface area contributed by atoms with Crippen LogP contribution in [0.4, 0.5) is 0 Å². The predicted molar refractivity (Wildman–Crippen MR) is 108 cm³/mol. The van der Waals surface area contributed by atoms with E-state index in [1.54, 1.807) is 7.11 Å². The minimum Gasteiger partial charge on any atom is -0.497 e. The Kier molecular flexibility index (Phi) is 11.1. The summed E-state index contributed by atoms with van der Waals surface area (Å²) < 4.78 is 10.7. The zero-order valence-corrected chi connectivity index (χ0v) is 18.3. The zero-order chi connectivity index (χ0) is 19.6. The van der Waals surface area contributed by atoms with E-state index in [0.29, 0.717) is 10.8 Å². The first-order chi connectivity index (χ1) is 10.5. The molecular weight excluding hydrogens is 296 g/mol. The van der Waals surface area contributed by atoms with Crippen LogP contribution in [0.25, 0.3) is 0 Å². The Labute approximate surface area is 152 Å². The third-order valence-electron chi connectivity index (χ3n) is 1.73. The van der Waals surface area contributed by atoms with Gasteiger partial charge in [0, 0.05) is 0 Å². The summed E-state index contributed by atoms with van der Waals surface area (Å²) in [6.07, 6.45) is 0. The highest BCUT2D eigenvalue weighted by Crippen LogP contribution is 2.20. The molecule has 1 aromatic rings. The highest BCUT2D eigenvalue weighted by Gasteiger charge is 2.10. The van der Waals surface area contributed by atoms with Crippen LogP contribution in [-0.4, -0.2) is 13.7 Å². The first kappa shape index (κ1) is 25.1. The first-order valence-electron chi connectivity index (χ1n) is 8.78. The van der Waals surface area contributed by atoms with Gasteiger partial charge in [-0.05, 0) is 40.5 Å². The second kappa shape index (κ2) is 10.6. The van der Waals surface area contributed by atoms with Gasteiger partial charge in [0.25, 0.3) is 0 Å². The lowest BCUT2D eigenvalue weighted by Crippen LogP contribution is -2.16. The van der Waals surface area contributed by atoms with Gasteiger partial charge in [0.05, 0.1) is 13.7 Å². The summed E-state index contributed by atoms with van der Waals surface area (Å²) in [6.45, 7) is 24.7. The average molecular weight is 339 g/mol. The number of benzene rings is 1. The standard InChI is InChI=1S/C12H18O2.2C5H12/c1-12(2,3)9-14-11-7-5-10(13-4)6-8-11;2*1-5(2,3)4/h5-8H,9H2,1-4H3;2*1-4H3. The molecular formula is C22H42O2. The van der Waals surface area contributed by atoms with Crippen LogP contribution in [0.1, 0.15) is 76.2 Å². The molecule has 0 fully saturated rings.